The number of sulfonamides is 1. The van der Waals surface area contributed by atoms with E-state index < -0.39 is 15.8 Å². The molecule has 6 nitrogen and oxygen atoms in total. The second kappa shape index (κ2) is 9.50. The molecule has 0 aliphatic carbocycles. The predicted molar refractivity (Wildman–Crippen MR) is 118 cm³/mol. The van der Waals surface area contributed by atoms with Gasteiger partial charge in [0, 0.05) is 43.6 Å². The Morgan fingerprint density at radius 1 is 0.781 bits per heavy atom. The molecule has 2 aliphatic heterocycles. The molecule has 0 bridgehead atoms. The summed E-state index contributed by atoms with van der Waals surface area (Å²) in [4.78, 5) is 27.5. The lowest BCUT2D eigenvalue weighted by atomic mass is 9.88. The molecule has 1 amide bonds. The molecule has 0 spiro atoms. The molecule has 32 heavy (non-hydrogen) atoms. The first-order chi connectivity index (χ1) is 15.4. The second-order valence-corrected chi connectivity index (χ2v) is 10.4. The largest absolute Gasteiger partial charge is 0.342 e. The fourth-order valence-corrected chi connectivity index (χ4v) is 6.03. The minimum Gasteiger partial charge on any atom is -0.342 e. The van der Waals surface area contributed by atoms with Crippen molar-refractivity contribution in [3.8, 4) is 0 Å². The Hall–Kier alpha value is -2.58. The zero-order valence-electron chi connectivity index (χ0n) is 17.8. The predicted octanol–water partition coefficient (Wildman–Crippen LogP) is 3.35. The average molecular weight is 459 g/mol. The summed E-state index contributed by atoms with van der Waals surface area (Å²) in [6.07, 6.45) is 2.22. The Labute approximate surface area is 188 Å². The van der Waals surface area contributed by atoms with Crippen molar-refractivity contribution in [1.29, 1.82) is 0 Å². The Bertz CT molecular complexity index is 1060. The molecule has 8 heteroatoms. The molecule has 0 unspecified atom stereocenters. The normalized spacial score (nSPS) is 19.1. The van der Waals surface area contributed by atoms with Gasteiger partial charge in [-0.25, -0.2) is 12.8 Å². The summed E-state index contributed by atoms with van der Waals surface area (Å²) in [5.41, 5.74) is 0.715. The highest BCUT2D eigenvalue weighted by atomic mass is 32.2. The summed E-state index contributed by atoms with van der Waals surface area (Å²) in [6, 6.07) is 14.1. The number of carbonyl (C=O) groups excluding carboxylic acids is 2. The van der Waals surface area contributed by atoms with Crippen LogP contribution in [0.3, 0.4) is 0 Å². The van der Waals surface area contributed by atoms with Gasteiger partial charge < -0.3 is 4.90 Å². The van der Waals surface area contributed by atoms with Crippen LogP contribution < -0.4 is 0 Å². The van der Waals surface area contributed by atoms with Crippen molar-refractivity contribution in [3.63, 3.8) is 0 Å². The Morgan fingerprint density at radius 3 is 1.94 bits per heavy atom. The monoisotopic (exact) mass is 458 g/mol. The molecule has 0 N–H and O–H groups in total. The van der Waals surface area contributed by atoms with Crippen molar-refractivity contribution in [2.24, 2.45) is 11.8 Å². The molecule has 2 aromatic rings. The van der Waals surface area contributed by atoms with E-state index in [1.807, 2.05) is 35.2 Å². The van der Waals surface area contributed by atoms with E-state index in [2.05, 4.69) is 0 Å². The quantitative estimate of drug-likeness (QED) is 0.644. The molecule has 170 valence electrons. The summed E-state index contributed by atoms with van der Waals surface area (Å²) in [5, 5.41) is 0. The van der Waals surface area contributed by atoms with E-state index in [1.54, 1.807) is 0 Å². The van der Waals surface area contributed by atoms with E-state index in [4.69, 9.17) is 0 Å². The summed E-state index contributed by atoms with van der Waals surface area (Å²) < 4.78 is 40.0. The minimum atomic E-state index is -3.69. The van der Waals surface area contributed by atoms with Gasteiger partial charge in [-0.1, -0.05) is 30.3 Å². The molecule has 2 aliphatic rings. The molecule has 0 atom stereocenters. The van der Waals surface area contributed by atoms with Crippen LogP contribution in [0.15, 0.2) is 59.5 Å². The zero-order chi connectivity index (χ0) is 22.7. The van der Waals surface area contributed by atoms with Gasteiger partial charge in [0.1, 0.15) is 5.82 Å². The van der Waals surface area contributed by atoms with E-state index in [0.717, 1.165) is 12.1 Å². The molecule has 2 fully saturated rings. The first-order valence-corrected chi connectivity index (χ1v) is 12.4. The summed E-state index contributed by atoms with van der Waals surface area (Å²) in [5.74, 6) is -0.575. The third-order valence-electron chi connectivity index (χ3n) is 6.49. The number of Topliss-reactive ketones (excluding diaryl/α,β-unsaturated/α-hetero) is 1. The number of carbonyl (C=O) groups is 2. The molecular weight excluding hydrogens is 431 g/mol. The van der Waals surface area contributed by atoms with Crippen molar-refractivity contribution in [2.75, 3.05) is 26.2 Å². The van der Waals surface area contributed by atoms with Gasteiger partial charge in [0.15, 0.2) is 5.78 Å². The van der Waals surface area contributed by atoms with Crippen LogP contribution in [0.1, 0.15) is 36.0 Å². The fourth-order valence-electron chi connectivity index (χ4n) is 4.56. The highest BCUT2D eigenvalue weighted by molar-refractivity contribution is 7.89. The van der Waals surface area contributed by atoms with Crippen LogP contribution >= 0.6 is 0 Å². The first kappa shape index (κ1) is 22.6. The van der Waals surface area contributed by atoms with Gasteiger partial charge in [0.25, 0.3) is 0 Å². The molecule has 4 rings (SSSR count). The SMILES string of the molecule is O=C(c1ccccc1)C1CCN(C(=O)C2CCN(S(=O)(=O)c3ccc(F)cc3)CC2)CC1. The van der Waals surface area contributed by atoms with Gasteiger partial charge in [-0.3, -0.25) is 9.59 Å². The van der Waals surface area contributed by atoms with Crippen LogP contribution in [0.2, 0.25) is 0 Å². The van der Waals surface area contributed by atoms with E-state index in [-0.39, 0.29) is 41.5 Å². The van der Waals surface area contributed by atoms with Gasteiger partial charge in [-0.05, 0) is 49.9 Å². The molecule has 2 aromatic carbocycles. The number of hydrogen-bond donors (Lipinski definition) is 0. The molecular formula is C24H27FN2O4S. The van der Waals surface area contributed by atoms with Gasteiger partial charge in [-0.15, -0.1) is 0 Å². The number of nitrogens with zero attached hydrogens (tertiary/aromatic N) is 2. The van der Waals surface area contributed by atoms with Gasteiger partial charge in [0.2, 0.25) is 15.9 Å². The molecule has 0 aromatic heterocycles. The summed E-state index contributed by atoms with van der Waals surface area (Å²) in [6.45, 7) is 1.63. The highest BCUT2D eigenvalue weighted by Gasteiger charge is 2.35. The van der Waals surface area contributed by atoms with Gasteiger partial charge in [0.05, 0.1) is 4.90 Å². The van der Waals surface area contributed by atoms with Crippen molar-refractivity contribution in [1.82, 2.24) is 9.21 Å². The van der Waals surface area contributed by atoms with Crippen LogP contribution in [0.4, 0.5) is 4.39 Å². The smallest absolute Gasteiger partial charge is 0.243 e. The van der Waals surface area contributed by atoms with E-state index in [9.17, 15) is 22.4 Å². The van der Waals surface area contributed by atoms with Crippen molar-refractivity contribution in [3.05, 3.63) is 66.0 Å². The van der Waals surface area contributed by atoms with Crippen molar-refractivity contribution >= 4 is 21.7 Å². The fraction of sp³-hybridized carbons (Fsp3) is 0.417. The van der Waals surface area contributed by atoms with Crippen LogP contribution in [0.5, 0.6) is 0 Å². The average Bonchev–Trinajstić information content (AvgIpc) is 2.84. The maximum atomic E-state index is 13.1. The summed E-state index contributed by atoms with van der Waals surface area (Å²) >= 11 is 0. The summed E-state index contributed by atoms with van der Waals surface area (Å²) in [7, 11) is -3.69. The lowest BCUT2D eigenvalue weighted by Crippen LogP contribution is -2.47. The molecule has 0 radical (unpaired) electrons. The maximum Gasteiger partial charge on any atom is 0.243 e. The highest BCUT2D eigenvalue weighted by Crippen LogP contribution is 2.28. The van der Waals surface area contributed by atoms with Gasteiger partial charge in [-0.2, -0.15) is 4.31 Å². The maximum absolute atomic E-state index is 13.1. The van der Waals surface area contributed by atoms with Crippen molar-refractivity contribution < 1.29 is 22.4 Å². The topological polar surface area (TPSA) is 74.8 Å². The van der Waals surface area contributed by atoms with Crippen LogP contribution in [-0.4, -0.2) is 55.5 Å². The number of rotatable bonds is 5. The van der Waals surface area contributed by atoms with Gasteiger partial charge >= 0.3 is 0 Å². The third-order valence-corrected chi connectivity index (χ3v) is 8.40. The number of amides is 1. The van der Waals surface area contributed by atoms with Crippen LogP contribution in [-0.2, 0) is 14.8 Å². The number of benzene rings is 2. The second-order valence-electron chi connectivity index (χ2n) is 8.46. The first-order valence-electron chi connectivity index (χ1n) is 11.0. The number of piperidine rings is 2. The minimum absolute atomic E-state index is 0.0504. The molecule has 2 heterocycles. The Morgan fingerprint density at radius 2 is 1.34 bits per heavy atom. The van der Waals surface area contributed by atoms with E-state index >= 15 is 0 Å². The number of hydrogen-bond acceptors (Lipinski definition) is 4. The lowest BCUT2D eigenvalue weighted by molar-refractivity contribution is -0.138. The van der Waals surface area contributed by atoms with Crippen molar-refractivity contribution in [2.45, 2.75) is 30.6 Å². The molecule has 2 saturated heterocycles. The van der Waals surface area contributed by atoms with Crippen LogP contribution in [0, 0.1) is 17.7 Å². The molecule has 0 saturated carbocycles. The number of halogens is 1. The van der Waals surface area contributed by atoms with E-state index in [0.29, 0.717) is 44.3 Å². The Kier molecular flexibility index (Phi) is 6.71. The lowest BCUT2D eigenvalue weighted by Gasteiger charge is -2.36. The number of ketones is 1. The standard InChI is InChI=1S/C24H27FN2O4S/c25-21-6-8-22(9-7-21)32(30,31)27-16-12-20(13-17-27)24(29)26-14-10-19(11-15-26)23(28)18-4-2-1-3-5-18/h1-9,19-20H,10-17H2. The van der Waals surface area contributed by atoms with Crippen LogP contribution in [0.25, 0.3) is 0 Å². The third kappa shape index (κ3) is 4.76. The number of likely N-dealkylation sites (tertiary alicyclic amines) is 1. The Balaban J connectivity index is 1.29. The van der Waals surface area contributed by atoms with E-state index in [1.165, 1.54) is 16.4 Å². The zero-order valence-corrected chi connectivity index (χ0v) is 18.6.